The number of carboxylic acid groups (broad SMARTS) is 1. The van der Waals surface area contributed by atoms with Gasteiger partial charge in [0.2, 0.25) is 0 Å². The molecule has 1 aromatic heterocycles. The Labute approximate surface area is 179 Å². The van der Waals surface area contributed by atoms with Gasteiger partial charge in [-0.15, -0.1) is 11.3 Å². The van der Waals surface area contributed by atoms with Gasteiger partial charge < -0.3 is 14.7 Å². The van der Waals surface area contributed by atoms with E-state index in [0.717, 1.165) is 16.9 Å². The number of hydrogen-bond acceptors (Lipinski definition) is 5. The van der Waals surface area contributed by atoms with Gasteiger partial charge in [-0.25, -0.2) is 14.4 Å². The number of nitrogens with zero attached hydrogens (tertiary/aromatic N) is 2. The normalized spacial score (nSPS) is 14.2. The van der Waals surface area contributed by atoms with Crippen molar-refractivity contribution in [2.45, 2.75) is 39.8 Å². The third kappa shape index (κ3) is 5.10. The lowest BCUT2D eigenvalue weighted by Gasteiger charge is -2.20. The molecule has 1 saturated heterocycles. The molecule has 2 aromatic rings. The molecule has 160 valence electrons. The maximum atomic E-state index is 12.8. The Morgan fingerprint density at radius 1 is 1.20 bits per heavy atom. The van der Waals surface area contributed by atoms with Gasteiger partial charge in [0.05, 0.1) is 0 Å². The van der Waals surface area contributed by atoms with Crippen molar-refractivity contribution in [2.75, 3.05) is 23.3 Å². The quantitative estimate of drug-likeness (QED) is 0.724. The molecule has 1 aromatic carbocycles. The van der Waals surface area contributed by atoms with Crippen molar-refractivity contribution in [1.29, 1.82) is 0 Å². The number of carboxylic acids is 1. The molecule has 3 amide bonds. The van der Waals surface area contributed by atoms with E-state index in [1.807, 2.05) is 12.1 Å². The molecule has 0 aliphatic carbocycles. The molecule has 0 bridgehead atoms. The first-order valence-electron chi connectivity index (χ1n) is 9.52. The van der Waals surface area contributed by atoms with Crippen molar-refractivity contribution in [3.05, 3.63) is 46.3 Å². The zero-order chi connectivity index (χ0) is 22.1. The number of aromatic carboxylic acids is 1. The van der Waals surface area contributed by atoms with Gasteiger partial charge in [-0.1, -0.05) is 12.1 Å². The Morgan fingerprint density at radius 3 is 2.43 bits per heavy atom. The number of urea groups is 1. The van der Waals surface area contributed by atoms with Crippen LogP contribution >= 0.6 is 11.3 Å². The van der Waals surface area contributed by atoms with E-state index in [0.29, 0.717) is 35.9 Å². The van der Waals surface area contributed by atoms with Crippen LogP contribution in [0.15, 0.2) is 30.3 Å². The fourth-order valence-corrected chi connectivity index (χ4v) is 4.11. The molecule has 1 aliphatic rings. The van der Waals surface area contributed by atoms with Gasteiger partial charge in [-0.2, -0.15) is 0 Å². The van der Waals surface area contributed by atoms with Gasteiger partial charge >= 0.3 is 18.1 Å². The van der Waals surface area contributed by atoms with Gasteiger partial charge in [-0.05, 0) is 57.0 Å². The standard InChI is InChI=1S/C21H25N3O5S/c1-13-11-16(30-17(13)18(25)26)24-10-9-23(20(24)28)12-14-5-7-15(8-6-14)22-19(27)29-21(2,3)4/h5-8,11H,9-10,12H2,1-4H3,(H,22,27)(H,25,26). The first-order chi connectivity index (χ1) is 14.0. The van der Waals surface area contributed by atoms with Crippen molar-refractivity contribution in [3.8, 4) is 0 Å². The maximum absolute atomic E-state index is 12.8. The summed E-state index contributed by atoms with van der Waals surface area (Å²) in [5.74, 6) is -0.979. The summed E-state index contributed by atoms with van der Waals surface area (Å²) in [6, 6.07) is 8.82. The molecule has 0 unspecified atom stereocenters. The summed E-state index contributed by atoms with van der Waals surface area (Å²) in [6.45, 7) is 8.61. The van der Waals surface area contributed by atoms with Crippen molar-refractivity contribution in [3.63, 3.8) is 0 Å². The van der Waals surface area contributed by atoms with E-state index in [9.17, 15) is 19.5 Å². The topological polar surface area (TPSA) is 99.2 Å². The minimum Gasteiger partial charge on any atom is -0.477 e. The second-order valence-electron chi connectivity index (χ2n) is 8.08. The third-order valence-corrected chi connectivity index (χ3v) is 5.68. The van der Waals surface area contributed by atoms with Gasteiger partial charge in [0, 0.05) is 25.3 Å². The van der Waals surface area contributed by atoms with Crippen molar-refractivity contribution >= 4 is 40.1 Å². The van der Waals surface area contributed by atoms with Crippen molar-refractivity contribution in [2.24, 2.45) is 0 Å². The molecule has 0 atom stereocenters. The predicted molar refractivity (Wildman–Crippen MR) is 115 cm³/mol. The number of hydrogen-bond donors (Lipinski definition) is 2. The lowest BCUT2D eigenvalue weighted by atomic mass is 10.2. The third-order valence-electron chi connectivity index (χ3n) is 4.43. The van der Waals surface area contributed by atoms with Crippen LogP contribution in [-0.4, -0.2) is 46.8 Å². The van der Waals surface area contributed by atoms with Crippen molar-refractivity contribution < 1.29 is 24.2 Å². The Morgan fingerprint density at radius 2 is 1.87 bits per heavy atom. The Kier molecular flexibility index (Phi) is 6.02. The smallest absolute Gasteiger partial charge is 0.412 e. The van der Waals surface area contributed by atoms with Crippen LogP contribution in [0.3, 0.4) is 0 Å². The SMILES string of the molecule is Cc1cc(N2CCN(Cc3ccc(NC(=O)OC(C)(C)C)cc3)C2=O)sc1C(=O)O. The van der Waals surface area contributed by atoms with E-state index < -0.39 is 17.7 Å². The van der Waals surface area contributed by atoms with Crippen LogP contribution in [0.2, 0.25) is 0 Å². The van der Waals surface area contributed by atoms with Gasteiger partial charge in [0.1, 0.15) is 15.5 Å². The predicted octanol–water partition coefficient (Wildman–Crippen LogP) is 4.54. The average molecular weight is 432 g/mol. The molecule has 0 spiro atoms. The van der Waals surface area contributed by atoms with Crippen LogP contribution in [0.1, 0.15) is 41.6 Å². The van der Waals surface area contributed by atoms with Crippen LogP contribution in [-0.2, 0) is 11.3 Å². The number of benzene rings is 1. The number of amides is 3. The minimum absolute atomic E-state index is 0.149. The summed E-state index contributed by atoms with van der Waals surface area (Å²) >= 11 is 1.12. The Balaban J connectivity index is 1.61. The number of thiophene rings is 1. The summed E-state index contributed by atoms with van der Waals surface area (Å²) in [6.07, 6.45) is -0.521. The summed E-state index contributed by atoms with van der Waals surface area (Å²) < 4.78 is 5.23. The first kappa shape index (κ1) is 21.6. The molecule has 1 aliphatic heterocycles. The highest BCUT2D eigenvalue weighted by Crippen LogP contribution is 2.32. The largest absolute Gasteiger partial charge is 0.477 e. The second kappa shape index (κ2) is 8.35. The molecule has 2 N–H and O–H groups in total. The minimum atomic E-state index is -0.979. The lowest BCUT2D eigenvalue weighted by Crippen LogP contribution is -2.31. The molecule has 2 heterocycles. The number of nitrogens with one attached hydrogen (secondary N) is 1. The van der Waals surface area contributed by atoms with Gasteiger partial charge in [0.25, 0.3) is 0 Å². The van der Waals surface area contributed by atoms with E-state index in [-0.39, 0.29) is 10.9 Å². The molecule has 0 saturated carbocycles. The van der Waals surface area contributed by atoms with Gasteiger partial charge in [0.15, 0.2) is 0 Å². The maximum Gasteiger partial charge on any atom is 0.412 e. The zero-order valence-electron chi connectivity index (χ0n) is 17.4. The molecule has 9 heteroatoms. The summed E-state index contributed by atoms with van der Waals surface area (Å²) in [5, 5.41) is 12.6. The van der Waals surface area contributed by atoms with Crippen LogP contribution in [0.4, 0.5) is 20.3 Å². The van der Waals surface area contributed by atoms with Crippen molar-refractivity contribution in [1.82, 2.24) is 4.90 Å². The van der Waals surface area contributed by atoms with Gasteiger partial charge in [-0.3, -0.25) is 10.2 Å². The summed E-state index contributed by atoms with van der Waals surface area (Å²) in [5.41, 5.74) is 1.62. The Hall–Kier alpha value is -3.07. The highest BCUT2D eigenvalue weighted by Gasteiger charge is 2.31. The number of carbonyl (C=O) groups excluding carboxylic acids is 2. The fraction of sp³-hybridized carbons (Fsp3) is 0.381. The van der Waals surface area contributed by atoms with Crippen LogP contribution in [0.25, 0.3) is 0 Å². The molecule has 0 radical (unpaired) electrons. The molecule has 3 rings (SSSR count). The van der Waals surface area contributed by atoms with Crippen LogP contribution in [0, 0.1) is 6.92 Å². The molecule has 30 heavy (non-hydrogen) atoms. The summed E-state index contributed by atoms with van der Waals surface area (Å²) in [4.78, 5) is 39.5. The zero-order valence-corrected chi connectivity index (χ0v) is 18.2. The number of anilines is 2. The number of carbonyl (C=O) groups is 3. The van der Waals surface area contributed by atoms with Crippen LogP contribution < -0.4 is 10.2 Å². The fourth-order valence-electron chi connectivity index (χ4n) is 3.08. The highest BCUT2D eigenvalue weighted by atomic mass is 32.1. The first-order valence-corrected chi connectivity index (χ1v) is 10.3. The number of aryl methyl sites for hydroxylation is 1. The highest BCUT2D eigenvalue weighted by molar-refractivity contribution is 7.18. The van der Waals surface area contributed by atoms with E-state index in [1.54, 1.807) is 55.7 Å². The molecule has 1 fully saturated rings. The van der Waals surface area contributed by atoms with E-state index in [1.165, 1.54) is 0 Å². The number of rotatable bonds is 5. The molecular formula is C21H25N3O5S. The van der Waals surface area contributed by atoms with E-state index >= 15 is 0 Å². The average Bonchev–Trinajstić information content (AvgIpc) is 3.18. The monoisotopic (exact) mass is 431 g/mol. The number of ether oxygens (including phenoxy) is 1. The van der Waals surface area contributed by atoms with E-state index in [2.05, 4.69) is 5.32 Å². The summed E-state index contributed by atoms with van der Waals surface area (Å²) in [7, 11) is 0. The van der Waals surface area contributed by atoms with E-state index in [4.69, 9.17) is 4.74 Å². The van der Waals surface area contributed by atoms with Crippen LogP contribution in [0.5, 0.6) is 0 Å². The lowest BCUT2D eigenvalue weighted by molar-refractivity contribution is 0.0634. The molecular weight excluding hydrogens is 406 g/mol. The second-order valence-corrected chi connectivity index (χ2v) is 9.11. The Bertz CT molecular complexity index is 962. The molecule has 8 nitrogen and oxygen atoms in total.